The van der Waals surface area contributed by atoms with Crippen molar-refractivity contribution in [3.63, 3.8) is 0 Å². The molecular formula is C27H31NO4. The maximum absolute atomic E-state index is 13.3. The molecule has 1 N–H and O–H groups in total. The first kappa shape index (κ1) is 22.1. The second-order valence-electron chi connectivity index (χ2n) is 8.83. The molecule has 1 heterocycles. The normalized spacial score (nSPS) is 21.2. The van der Waals surface area contributed by atoms with E-state index in [1.807, 2.05) is 51.1 Å². The van der Waals surface area contributed by atoms with Crippen molar-refractivity contribution < 1.29 is 19.4 Å². The highest BCUT2D eigenvalue weighted by atomic mass is 16.5. The van der Waals surface area contributed by atoms with Crippen molar-refractivity contribution in [2.45, 2.75) is 65.0 Å². The second-order valence-corrected chi connectivity index (χ2v) is 8.83. The molecule has 2 fully saturated rings. The Labute approximate surface area is 189 Å². The summed E-state index contributed by atoms with van der Waals surface area (Å²) in [7, 11) is 0. The Balaban J connectivity index is 1.85. The molecule has 0 spiro atoms. The van der Waals surface area contributed by atoms with Crippen LogP contribution in [-0.2, 0) is 9.59 Å². The van der Waals surface area contributed by atoms with Crippen LogP contribution in [0.15, 0.2) is 48.0 Å². The molecule has 168 valence electrons. The first-order valence-corrected chi connectivity index (χ1v) is 11.5. The van der Waals surface area contributed by atoms with Crippen LogP contribution in [-0.4, -0.2) is 34.3 Å². The predicted molar refractivity (Wildman–Crippen MR) is 125 cm³/mol. The number of ketones is 1. The van der Waals surface area contributed by atoms with E-state index in [0.29, 0.717) is 12.2 Å². The van der Waals surface area contributed by atoms with Gasteiger partial charge in [0.25, 0.3) is 11.7 Å². The highest BCUT2D eigenvalue weighted by Gasteiger charge is 2.48. The third kappa shape index (κ3) is 4.04. The summed E-state index contributed by atoms with van der Waals surface area (Å²) >= 11 is 0. The molecule has 0 bridgehead atoms. The number of ether oxygens (including phenoxy) is 1. The van der Waals surface area contributed by atoms with E-state index in [-0.39, 0.29) is 17.4 Å². The van der Waals surface area contributed by atoms with Gasteiger partial charge in [-0.1, -0.05) is 49.1 Å². The van der Waals surface area contributed by atoms with Crippen LogP contribution in [0.3, 0.4) is 0 Å². The largest absolute Gasteiger partial charge is 0.507 e. The Bertz CT molecular complexity index is 1070. The van der Waals surface area contributed by atoms with Gasteiger partial charge in [0.2, 0.25) is 0 Å². The number of nitrogens with zero attached hydrogens (tertiary/aromatic N) is 1. The lowest BCUT2D eigenvalue weighted by Gasteiger charge is -2.35. The molecule has 5 nitrogen and oxygen atoms in total. The summed E-state index contributed by atoms with van der Waals surface area (Å²) in [5.74, 6) is -0.500. The molecule has 1 aliphatic heterocycles. The molecule has 32 heavy (non-hydrogen) atoms. The molecule has 1 atom stereocenters. The number of benzene rings is 2. The molecular weight excluding hydrogens is 402 g/mol. The fraction of sp³-hybridized carbons (Fsp3) is 0.407. The van der Waals surface area contributed by atoms with Gasteiger partial charge in [0, 0.05) is 11.6 Å². The van der Waals surface area contributed by atoms with Gasteiger partial charge in [-0.3, -0.25) is 9.59 Å². The standard InChI is InChI=1S/C27H31NO4/c1-4-32-22-14-13-20(16-18(22)3)25(29)23-24(19-10-8-9-17(2)15-19)28(27(31)26(23)30)21-11-6-5-7-12-21/h8-10,13-16,21,24,29H,4-7,11-12H2,1-3H3/b25-23-. The van der Waals surface area contributed by atoms with Crippen molar-refractivity contribution in [3.05, 3.63) is 70.3 Å². The summed E-state index contributed by atoms with van der Waals surface area (Å²) in [5.41, 5.74) is 3.47. The SMILES string of the molecule is CCOc1ccc(/C(O)=C2/C(=O)C(=O)N(C3CCCCC3)C2c2cccc(C)c2)cc1C. The molecule has 4 rings (SSSR count). The monoisotopic (exact) mass is 433 g/mol. The molecule has 1 saturated heterocycles. The van der Waals surface area contributed by atoms with E-state index in [4.69, 9.17) is 4.74 Å². The number of hydrogen-bond acceptors (Lipinski definition) is 4. The van der Waals surface area contributed by atoms with Crippen molar-refractivity contribution in [3.8, 4) is 5.75 Å². The molecule has 5 heteroatoms. The number of carbonyl (C=O) groups excluding carboxylic acids is 2. The van der Waals surface area contributed by atoms with Crippen molar-refractivity contribution >= 4 is 17.4 Å². The van der Waals surface area contributed by atoms with Crippen molar-refractivity contribution in [2.75, 3.05) is 6.61 Å². The van der Waals surface area contributed by atoms with Gasteiger partial charge in [0.1, 0.15) is 11.5 Å². The van der Waals surface area contributed by atoms with Crippen LogP contribution in [0.2, 0.25) is 0 Å². The van der Waals surface area contributed by atoms with E-state index in [1.54, 1.807) is 17.0 Å². The zero-order chi connectivity index (χ0) is 22.8. The van der Waals surface area contributed by atoms with Crippen LogP contribution in [0.25, 0.3) is 5.76 Å². The lowest BCUT2D eigenvalue weighted by Crippen LogP contribution is -2.40. The van der Waals surface area contributed by atoms with E-state index in [9.17, 15) is 14.7 Å². The fourth-order valence-corrected chi connectivity index (χ4v) is 5.02. The highest BCUT2D eigenvalue weighted by Crippen LogP contribution is 2.43. The number of amides is 1. The van der Waals surface area contributed by atoms with Crippen LogP contribution >= 0.6 is 0 Å². The Morgan fingerprint density at radius 2 is 1.81 bits per heavy atom. The smallest absolute Gasteiger partial charge is 0.295 e. The van der Waals surface area contributed by atoms with Gasteiger partial charge >= 0.3 is 0 Å². The topological polar surface area (TPSA) is 66.8 Å². The van der Waals surface area contributed by atoms with E-state index in [0.717, 1.165) is 54.5 Å². The van der Waals surface area contributed by atoms with Crippen LogP contribution < -0.4 is 4.74 Å². The van der Waals surface area contributed by atoms with Gasteiger partial charge in [-0.25, -0.2) is 0 Å². The van der Waals surface area contributed by atoms with E-state index >= 15 is 0 Å². The number of likely N-dealkylation sites (tertiary alicyclic amines) is 1. The summed E-state index contributed by atoms with van der Waals surface area (Å²) in [6.45, 7) is 6.36. The Morgan fingerprint density at radius 1 is 1.06 bits per heavy atom. The minimum atomic E-state index is -0.605. The number of hydrogen-bond donors (Lipinski definition) is 1. The third-order valence-electron chi connectivity index (χ3n) is 6.55. The summed E-state index contributed by atoms with van der Waals surface area (Å²) in [6.07, 6.45) is 5.02. The molecule has 1 amide bonds. The Kier molecular flexibility index (Phi) is 6.35. The van der Waals surface area contributed by atoms with E-state index < -0.39 is 17.7 Å². The third-order valence-corrected chi connectivity index (χ3v) is 6.55. The Morgan fingerprint density at radius 3 is 2.47 bits per heavy atom. The second kappa shape index (κ2) is 9.19. The average molecular weight is 434 g/mol. The maximum atomic E-state index is 13.3. The number of aliphatic hydroxyl groups is 1. The zero-order valence-corrected chi connectivity index (χ0v) is 19.1. The van der Waals surface area contributed by atoms with Gasteiger partial charge in [-0.05, 0) is 62.9 Å². The lowest BCUT2D eigenvalue weighted by atomic mass is 9.90. The Hall–Kier alpha value is -3.08. The van der Waals surface area contributed by atoms with E-state index in [1.165, 1.54) is 0 Å². The summed E-state index contributed by atoms with van der Waals surface area (Å²) in [5, 5.41) is 11.3. The molecule has 2 aromatic carbocycles. The summed E-state index contributed by atoms with van der Waals surface area (Å²) in [4.78, 5) is 28.2. The number of Topliss-reactive ketones (excluding diaryl/α,β-unsaturated/α-hetero) is 1. The lowest BCUT2D eigenvalue weighted by molar-refractivity contribution is -0.141. The minimum absolute atomic E-state index is 0.0121. The first-order chi connectivity index (χ1) is 15.4. The van der Waals surface area contributed by atoms with Crippen molar-refractivity contribution in [1.82, 2.24) is 4.90 Å². The molecule has 1 saturated carbocycles. The van der Waals surface area contributed by atoms with Crippen molar-refractivity contribution in [2.24, 2.45) is 0 Å². The number of aliphatic hydroxyl groups excluding tert-OH is 1. The molecule has 1 aliphatic carbocycles. The van der Waals surface area contributed by atoms with Crippen LogP contribution in [0.1, 0.15) is 67.3 Å². The first-order valence-electron chi connectivity index (χ1n) is 11.5. The van der Waals surface area contributed by atoms with Crippen LogP contribution in [0, 0.1) is 13.8 Å². The number of rotatable bonds is 5. The molecule has 2 aliphatic rings. The molecule has 0 radical (unpaired) electrons. The predicted octanol–water partition coefficient (Wildman–Crippen LogP) is 5.46. The fourth-order valence-electron chi connectivity index (χ4n) is 5.02. The summed E-state index contributed by atoms with van der Waals surface area (Å²) < 4.78 is 5.61. The van der Waals surface area contributed by atoms with E-state index in [2.05, 4.69) is 0 Å². The van der Waals surface area contributed by atoms with Gasteiger partial charge in [0.05, 0.1) is 18.2 Å². The van der Waals surface area contributed by atoms with Gasteiger partial charge in [-0.15, -0.1) is 0 Å². The number of carbonyl (C=O) groups is 2. The van der Waals surface area contributed by atoms with Crippen LogP contribution in [0.4, 0.5) is 0 Å². The average Bonchev–Trinajstić information content (AvgIpc) is 3.06. The molecule has 2 aromatic rings. The van der Waals surface area contributed by atoms with Crippen LogP contribution in [0.5, 0.6) is 5.75 Å². The molecule has 0 aromatic heterocycles. The summed E-state index contributed by atoms with van der Waals surface area (Å²) in [6, 6.07) is 12.7. The minimum Gasteiger partial charge on any atom is -0.507 e. The van der Waals surface area contributed by atoms with Gasteiger partial charge in [-0.2, -0.15) is 0 Å². The number of aryl methyl sites for hydroxylation is 2. The van der Waals surface area contributed by atoms with Crippen molar-refractivity contribution in [1.29, 1.82) is 0 Å². The van der Waals surface area contributed by atoms with Gasteiger partial charge < -0.3 is 14.7 Å². The van der Waals surface area contributed by atoms with Gasteiger partial charge in [0.15, 0.2) is 0 Å². The zero-order valence-electron chi connectivity index (χ0n) is 19.1. The molecule has 1 unspecified atom stereocenters. The maximum Gasteiger partial charge on any atom is 0.295 e. The quantitative estimate of drug-likeness (QED) is 0.386. The highest BCUT2D eigenvalue weighted by molar-refractivity contribution is 6.46.